The predicted molar refractivity (Wildman–Crippen MR) is 99.1 cm³/mol. The number of hydrogen-bond donors (Lipinski definition) is 0. The Morgan fingerprint density at radius 2 is 1.96 bits per heavy atom. The largest absolute Gasteiger partial charge is 0.469 e. The molecule has 0 N–H and O–H groups in total. The van der Waals surface area contributed by atoms with Crippen LogP contribution in [-0.2, 0) is 23.9 Å². The van der Waals surface area contributed by atoms with Crippen molar-refractivity contribution in [1.29, 1.82) is 0 Å². The summed E-state index contributed by atoms with van der Waals surface area (Å²) in [7, 11) is 1.27. The highest BCUT2D eigenvalue weighted by Crippen LogP contribution is 2.50. The number of carbonyl (C=O) groups is 3. The zero-order valence-electron chi connectivity index (χ0n) is 15.4. The van der Waals surface area contributed by atoms with E-state index in [9.17, 15) is 19.2 Å². The summed E-state index contributed by atoms with van der Waals surface area (Å²) < 4.78 is 11.4. The SMILES string of the molecule is COC(=O)C1CCC2CCC1(C(=O)CC([C]=O)OC(=O)c1ccccc1)N2Cl. The van der Waals surface area contributed by atoms with Gasteiger partial charge in [-0.3, -0.25) is 14.4 Å². The molecule has 2 aliphatic rings. The van der Waals surface area contributed by atoms with Crippen molar-refractivity contribution < 1.29 is 28.7 Å². The van der Waals surface area contributed by atoms with Crippen molar-refractivity contribution in [1.82, 2.24) is 4.42 Å². The van der Waals surface area contributed by atoms with Crippen LogP contribution in [0, 0.1) is 5.92 Å². The van der Waals surface area contributed by atoms with Gasteiger partial charge in [-0.25, -0.2) is 9.21 Å². The first-order valence-electron chi connectivity index (χ1n) is 9.14. The van der Waals surface area contributed by atoms with Gasteiger partial charge in [-0.1, -0.05) is 18.2 Å². The topological polar surface area (TPSA) is 90.0 Å². The molecule has 149 valence electrons. The molecule has 0 aromatic heterocycles. The first kappa shape index (κ1) is 20.5. The Morgan fingerprint density at radius 3 is 2.61 bits per heavy atom. The Kier molecular flexibility index (Phi) is 6.15. The Balaban J connectivity index is 1.77. The number of piperidine rings is 1. The van der Waals surface area contributed by atoms with E-state index >= 15 is 0 Å². The van der Waals surface area contributed by atoms with Crippen molar-refractivity contribution in [3.05, 3.63) is 35.9 Å². The highest BCUT2D eigenvalue weighted by molar-refractivity contribution is 6.17. The third-order valence-electron chi connectivity index (χ3n) is 5.66. The van der Waals surface area contributed by atoms with E-state index in [1.807, 2.05) is 0 Å². The van der Waals surface area contributed by atoms with Crippen LogP contribution < -0.4 is 0 Å². The van der Waals surface area contributed by atoms with Gasteiger partial charge in [0.25, 0.3) is 0 Å². The van der Waals surface area contributed by atoms with E-state index < -0.39 is 41.7 Å². The number of ether oxygens (including phenoxy) is 2. The van der Waals surface area contributed by atoms with Crippen LogP contribution in [0.15, 0.2) is 30.3 Å². The van der Waals surface area contributed by atoms with Crippen molar-refractivity contribution in [2.24, 2.45) is 5.92 Å². The molecule has 3 rings (SSSR count). The molecule has 1 aromatic carbocycles. The summed E-state index contributed by atoms with van der Waals surface area (Å²) in [6, 6.07) is 8.13. The van der Waals surface area contributed by atoms with Crippen LogP contribution in [0.4, 0.5) is 0 Å². The summed E-state index contributed by atoms with van der Waals surface area (Å²) in [6.07, 6.45) is 2.05. The van der Waals surface area contributed by atoms with E-state index in [0.29, 0.717) is 25.7 Å². The Hall–Kier alpha value is -2.25. The molecular weight excluding hydrogens is 386 g/mol. The summed E-state index contributed by atoms with van der Waals surface area (Å²) in [6.45, 7) is 0. The third-order valence-corrected chi connectivity index (χ3v) is 6.23. The molecule has 0 aliphatic carbocycles. The molecule has 0 saturated carbocycles. The first-order chi connectivity index (χ1) is 13.4. The number of carbonyl (C=O) groups excluding carboxylic acids is 4. The molecule has 8 heteroatoms. The van der Waals surface area contributed by atoms with Gasteiger partial charge in [0.1, 0.15) is 5.54 Å². The molecule has 2 aliphatic heterocycles. The Bertz CT molecular complexity index is 769. The fraction of sp³-hybridized carbons (Fsp3) is 0.500. The number of fused-ring (bicyclic) bond motifs is 2. The second-order valence-electron chi connectivity index (χ2n) is 7.09. The van der Waals surface area contributed by atoms with Gasteiger partial charge in [-0.15, -0.1) is 0 Å². The lowest BCUT2D eigenvalue weighted by Gasteiger charge is -2.43. The Labute approximate surface area is 168 Å². The van der Waals surface area contributed by atoms with Crippen molar-refractivity contribution in [3.8, 4) is 0 Å². The van der Waals surface area contributed by atoms with Gasteiger partial charge in [0.05, 0.1) is 25.0 Å². The molecule has 1 aromatic rings. The minimum absolute atomic E-state index is 0.0166. The van der Waals surface area contributed by atoms with Crippen LogP contribution in [-0.4, -0.2) is 53.2 Å². The van der Waals surface area contributed by atoms with Gasteiger partial charge in [-0.2, -0.15) is 0 Å². The number of nitrogens with zero attached hydrogens (tertiary/aromatic N) is 1. The van der Waals surface area contributed by atoms with Crippen LogP contribution in [0.25, 0.3) is 0 Å². The maximum atomic E-state index is 13.2. The molecule has 0 spiro atoms. The quantitative estimate of drug-likeness (QED) is 0.506. The summed E-state index contributed by atoms with van der Waals surface area (Å²) in [4.78, 5) is 49.1. The average Bonchev–Trinajstić information content (AvgIpc) is 2.92. The lowest BCUT2D eigenvalue weighted by Crippen LogP contribution is -2.59. The second-order valence-corrected chi connectivity index (χ2v) is 7.45. The van der Waals surface area contributed by atoms with Crippen LogP contribution in [0.2, 0.25) is 0 Å². The number of rotatable bonds is 7. The summed E-state index contributed by atoms with van der Waals surface area (Å²) in [5.41, 5.74) is -0.996. The van der Waals surface area contributed by atoms with E-state index in [-0.39, 0.29) is 11.6 Å². The standard InChI is InChI=1S/C20H21ClNO6/c1-27-19(26)16-8-7-14-9-10-20(16,22(14)21)17(24)11-15(12-23)28-18(25)13-5-3-2-4-6-13/h2-6,14-16H,7-11H2,1H3. The number of methoxy groups -OCH3 is 1. The fourth-order valence-corrected chi connectivity index (χ4v) is 4.73. The van der Waals surface area contributed by atoms with Crippen molar-refractivity contribution >= 4 is 35.8 Å². The number of hydrogen-bond acceptors (Lipinski definition) is 7. The Morgan fingerprint density at radius 1 is 1.25 bits per heavy atom. The summed E-state index contributed by atoms with van der Waals surface area (Å²) in [5.74, 6) is -2.38. The number of ketones is 1. The molecular formula is C20H21ClNO6. The van der Waals surface area contributed by atoms with Crippen LogP contribution in [0.3, 0.4) is 0 Å². The summed E-state index contributed by atoms with van der Waals surface area (Å²) in [5, 5.41) is 0. The van der Waals surface area contributed by atoms with Gasteiger partial charge in [0, 0.05) is 6.04 Å². The van der Waals surface area contributed by atoms with Gasteiger partial charge in [0.15, 0.2) is 11.9 Å². The van der Waals surface area contributed by atoms with Gasteiger partial charge < -0.3 is 9.47 Å². The molecule has 28 heavy (non-hydrogen) atoms. The number of Topliss-reactive ketones (excluding diaryl/α,β-unsaturated/α-hetero) is 1. The minimum Gasteiger partial charge on any atom is -0.469 e. The van der Waals surface area contributed by atoms with Gasteiger partial charge in [-0.05, 0) is 49.6 Å². The van der Waals surface area contributed by atoms with Crippen molar-refractivity contribution in [2.75, 3.05) is 7.11 Å². The molecule has 7 nitrogen and oxygen atoms in total. The maximum absolute atomic E-state index is 13.2. The molecule has 1 radical (unpaired) electrons. The van der Waals surface area contributed by atoms with Gasteiger partial charge >= 0.3 is 11.9 Å². The maximum Gasteiger partial charge on any atom is 0.338 e. The molecule has 2 heterocycles. The van der Waals surface area contributed by atoms with E-state index in [2.05, 4.69) is 0 Å². The highest BCUT2D eigenvalue weighted by Gasteiger charge is 2.61. The lowest BCUT2D eigenvalue weighted by molar-refractivity contribution is -0.157. The fourth-order valence-electron chi connectivity index (χ4n) is 4.24. The number of halogens is 1. The first-order valence-corrected chi connectivity index (χ1v) is 9.47. The monoisotopic (exact) mass is 406 g/mol. The zero-order chi connectivity index (χ0) is 20.3. The highest BCUT2D eigenvalue weighted by atomic mass is 35.5. The van der Waals surface area contributed by atoms with E-state index in [0.717, 1.165) is 0 Å². The van der Waals surface area contributed by atoms with Crippen molar-refractivity contribution in [2.45, 2.75) is 49.8 Å². The molecule has 2 saturated heterocycles. The minimum atomic E-state index is -1.38. The molecule has 4 atom stereocenters. The molecule has 0 amide bonds. The molecule has 4 unspecified atom stereocenters. The predicted octanol–water partition coefficient (Wildman–Crippen LogP) is 2.22. The van der Waals surface area contributed by atoms with Crippen LogP contribution in [0.5, 0.6) is 0 Å². The molecule has 2 bridgehead atoms. The third kappa shape index (κ3) is 3.56. The van der Waals surface area contributed by atoms with E-state index in [1.54, 1.807) is 36.6 Å². The van der Waals surface area contributed by atoms with Crippen LogP contribution >= 0.6 is 11.8 Å². The lowest BCUT2D eigenvalue weighted by atomic mass is 9.74. The average molecular weight is 407 g/mol. The van der Waals surface area contributed by atoms with Gasteiger partial charge in [0.2, 0.25) is 6.29 Å². The smallest absolute Gasteiger partial charge is 0.338 e. The normalized spacial score (nSPS) is 27.6. The second kappa shape index (κ2) is 8.41. The van der Waals surface area contributed by atoms with Crippen LogP contribution in [0.1, 0.15) is 42.5 Å². The zero-order valence-corrected chi connectivity index (χ0v) is 16.2. The van der Waals surface area contributed by atoms with E-state index in [4.69, 9.17) is 21.3 Å². The van der Waals surface area contributed by atoms with E-state index in [1.165, 1.54) is 11.5 Å². The number of benzene rings is 1. The molecule has 2 fully saturated rings. The van der Waals surface area contributed by atoms with Crippen molar-refractivity contribution in [3.63, 3.8) is 0 Å². The summed E-state index contributed by atoms with van der Waals surface area (Å²) >= 11 is 6.45. The number of esters is 2.